The van der Waals surface area contributed by atoms with Gasteiger partial charge >= 0.3 is 0 Å². The molecule has 0 unspecified atom stereocenters. The van der Waals surface area contributed by atoms with Crippen molar-refractivity contribution in [2.45, 2.75) is 33.1 Å². The molecule has 6 heteroatoms. The van der Waals surface area contributed by atoms with E-state index in [4.69, 9.17) is 0 Å². The van der Waals surface area contributed by atoms with E-state index in [1.54, 1.807) is 6.92 Å². The van der Waals surface area contributed by atoms with Crippen LogP contribution in [0.4, 0.5) is 0 Å². The van der Waals surface area contributed by atoms with Gasteiger partial charge in [0.2, 0.25) is 15.9 Å². The van der Waals surface area contributed by atoms with Crippen LogP contribution in [0, 0.1) is 5.92 Å². The minimum absolute atomic E-state index is 0.0312. The van der Waals surface area contributed by atoms with E-state index in [9.17, 15) is 13.2 Å². The molecule has 22 heavy (non-hydrogen) atoms. The first-order chi connectivity index (χ1) is 10.4. The molecule has 0 radical (unpaired) electrons. The Bertz CT molecular complexity index is 544. The second-order valence-corrected chi connectivity index (χ2v) is 7.58. The summed E-state index contributed by atoms with van der Waals surface area (Å²) in [4.78, 5) is 11.8. The van der Waals surface area contributed by atoms with Crippen LogP contribution in [0.25, 0.3) is 0 Å². The van der Waals surface area contributed by atoms with E-state index >= 15 is 0 Å². The summed E-state index contributed by atoms with van der Waals surface area (Å²) in [5, 5.41) is 2.74. The van der Waals surface area contributed by atoms with Gasteiger partial charge in [0.1, 0.15) is 0 Å². The Hall–Kier alpha value is -1.40. The zero-order valence-corrected chi connectivity index (χ0v) is 14.2. The molecule has 1 aromatic carbocycles. The van der Waals surface area contributed by atoms with Crippen LogP contribution < -0.4 is 10.0 Å². The van der Waals surface area contributed by atoms with Gasteiger partial charge in [-0.05, 0) is 31.2 Å². The number of amides is 1. The van der Waals surface area contributed by atoms with Gasteiger partial charge in [-0.15, -0.1) is 0 Å². The van der Waals surface area contributed by atoms with Crippen LogP contribution in [-0.2, 0) is 21.2 Å². The monoisotopic (exact) mass is 326 g/mol. The highest BCUT2D eigenvalue weighted by molar-refractivity contribution is 7.89. The summed E-state index contributed by atoms with van der Waals surface area (Å²) < 4.78 is 24.9. The number of hydrogen-bond donors (Lipinski definition) is 2. The lowest BCUT2D eigenvalue weighted by molar-refractivity contribution is -0.121. The molecule has 1 rings (SSSR count). The van der Waals surface area contributed by atoms with Crippen molar-refractivity contribution in [2.75, 3.05) is 18.8 Å². The topological polar surface area (TPSA) is 75.3 Å². The van der Waals surface area contributed by atoms with Crippen LogP contribution in [-0.4, -0.2) is 33.2 Å². The SMILES string of the molecule is CCS(=O)(=O)NCCNC(=O)C[C@@H](C)CCc1ccccc1. The molecule has 0 fully saturated rings. The second kappa shape index (κ2) is 9.58. The smallest absolute Gasteiger partial charge is 0.220 e. The molecule has 0 saturated carbocycles. The van der Waals surface area contributed by atoms with Crippen molar-refractivity contribution in [3.63, 3.8) is 0 Å². The molecule has 2 N–H and O–H groups in total. The van der Waals surface area contributed by atoms with E-state index in [0.717, 1.165) is 12.8 Å². The van der Waals surface area contributed by atoms with Gasteiger partial charge in [0.25, 0.3) is 0 Å². The van der Waals surface area contributed by atoms with Crippen LogP contribution in [0.2, 0.25) is 0 Å². The Morgan fingerprint density at radius 3 is 2.50 bits per heavy atom. The lowest BCUT2D eigenvalue weighted by Gasteiger charge is -2.12. The fraction of sp³-hybridized carbons (Fsp3) is 0.562. The van der Waals surface area contributed by atoms with Crippen molar-refractivity contribution >= 4 is 15.9 Å². The number of carbonyl (C=O) groups is 1. The molecule has 0 aliphatic rings. The lowest BCUT2D eigenvalue weighted by Crippen LogP contribution is -2.35. The predicted octanol–water partition coefficient (Wildman–Crippen LogP) is 1.70. The number of aryl methyl sites for hydroxylation is 1. The van der Waals surface area contributed by atoms with E-state index in [1.165, 1.54) is 5.56 Å². The third-order valence-corrected chi connectivity index (χ3v) is 4.86. The molecule has 0 saturated heterocycles. The normalized spacial score (nSPS) is 12.8. The summed E-state index contributed by atoms with van der Waals surface area (Å²) in [6, 6.07) is 10.2. The van der Waals surface area contributed by atoms with Crippen molar-refractivity contribution in [1.29, 1.82) is 0 Å². The highest BCUT2D eigenvalue weighted by Gasteiger charge is 2.10. The molecule has 0 heterocycles. The number of nitrogens with one attached hydrogen (secondary N) is 2. The third kappa shape index (κ3) is 8.14. The first kappa shape index (κ1) is 18.6. The van der Waals surface area contributed by atoms with Crippen molar-refractivity contribution < 1.29 is 13.2 Å². The van der Waals surface area contributed by atoms with Crippen LogP contribution in [0.3, 0.4) is 0 Å². The molecule has 1 atom stereocenters. The molecule has 1 amide bonds. The van der Waals surface area contributed by atoms with E-state index in [-0.39, 0.29) is 18.2 Å². The zero-order chi connectivity index (χ0) is 16.4. The van der Waals surface area contributed by atoms with Gasteiger partial charge < -0.3 is 5.32 Å². The summed E-state index contributed by atoms with van der Waals surface area (Å²) >= 11 is 0. The third-order valence-electron chi connectivity index (χ3n) is 3.45. The van der Waals surface area contributed by atoms with E-state index in [1.807, 2.05) is 18.2 Å². The maximum atomic E-state index is 11.8. The maximum Gasteiger partial charge on any atom is 0.220 e. The molecule has 5 nitrogen and oxygen atoms in total. The molecule has 0 aliphatic heterocycles. The fourth-order valence-electron chi connectivity index (χ4n) is 2.06. The van der Waals surface area contributed by atoms with Crippen molar-refractivity contribution in [2.24, 2.45) is 5.92 Å². The Balaban J connectivity index is 2.16. The van der Waals surface area contributed by atoms with E-state index in [2.05, 4.69) is 29.1 Å². The van der Waals surface area contributed by atoms with Crippen molar-refractivity contribution in [3.8, 4) is 0 Å². The molecule has 124 valence electrons. The average Bonchev–Trinajstić information content (AvgIpc) is 2.51. The van der Waals surface area contributed by atoms with Crippen molar-refractivity contribution in [3.05, 3.63) is 35.9 Å². The predicted molar refractivity (Wildman–Crippen MR) is 89.0 cm³/mol. The number of benzene rings is 1. The number of hydrogen-bond acceptors (Lipinski definition) is 3. The maximum absolute atomic E-state index is 11.8. The largest absolute Gasteiger partial charge is 0.355 e. The summed E-state index contributed by atoms with van der Waals surface area (Å²) in [6.45, 7) is 4.20. The zero-order valence-electron chi connectivity index (χ0n) is 13.3. The quantitative estimate of drug-likeness (QED) is 0.643. The summed E-state index contributed by atoms with van der Waals surface area (Å²) in [6.07, 6.45) is 2.39. The number of sulfonamides is 1. The van der Waals surface area contributed by atoms with Gasteiger partial charge in [0.05, 0.1) is 5.75 Å². The molecule has 0 aliphatic carbocycles. The minimum atomic E-state index is -3.18. The summed E-state index contributed by atoms with van der Waals surface area (Å²) in [5.41, 5.74) is 1.28. The first-order valence-corrected chi connectivity index (χ1v) is 9.36. The first-order valence-electron chi connectivity index (χ1n) is 7.71. The van der Waals surface area contributed by atoms with Gasteiger partial charge in [-0.2, -0.15) is 0 Å². The van der Waals surface area contributed by atoms with Gasteiger partial charge in [0, 0.05) is 19.5 Å². The molecule has 0 bridgehead atoms. The highest BCUT2D eigenvalue weighted by atomic mass is 32.2. The van der Waals surface area contributed by atoms with Gasteiger partial charge in [-0.3, -0.25) is 4.79 Å². The van der Waals surface area contributed by atoms with E-state index < -0.39 is 10.0 Å². The fourth-order valence-corrected chi connectivity index (χ4v) is 2.68. The summed E-state index contributed by atoms with van der Waals surface area (Å²) in [5.74, 6) is 0.320. The average molecular weight is 326 g/mol. The Kier molecular flexibility index (Phi) is 8.12. The van der Waals surface area contributed by atoms with Crippen molar-refractivity contribution in [1.82, 2.24) is 10.0 Å². The Labute approximate surface area is 133 Å². The van der Waals surface area contributed by atoms with Crippen LogP contribution in [0.1, 0.15) is 32.3 Å². The van der Waals surface area contributed by atoms with Gasteiger partial charge in [-0.1, -0.05) is 37.3 Å². The number of carbonyl (C=O) groups excluding carboxylic acids is 1. The minimum Gasteiger partial charge on any atom is -0.355 e. The Morgan fingerprint density at radius 1 is 1.18 bits per heavy atom. The van der Waals surface area contributed by atoms with Crippen LogP contribution in [0.15, 0.2) is 30.3 Å². The Morgan fingerprint density at radius 2 is 1.86 bits per heavy atom. The second-order valence-electron chi connectivity index (χ2n) is 5.48. The lowest BCUT2D eigenvalue weighted by atomic mass is 9.98. The standard InChI is InChI=1S/C16H26N2O3S/c1-3-22(20,21)18-12-11-17-16(19)13-14(2)9-10-15-7-5-4-6-8-15/h4-8,14,18H,3,9-13H2,1-2H3,(H,17,19)/t14-/m0/s1. The van der Waals surface area contributed by atoms with Gasteiger partial charge in [0.15, 0.2) is 0 Å². The molecular weight excluding hydrogens is 300 g/mol. The highest BCUT2D eigenvalue weighted by Crippen LogP contribution is 2.12. The van der Waals surface area contributed by atoms with Crippen LogP contribution in [0.5, 0.6) is 0 Å². The summed E-state index contributed by atoms with van der Waals surface area (Å²) in [7, 11) is -3.18. The van der Waals surface area contributed by atoms with Gasteiger partial charge in [-0.25, -0.2) is 13.1 Å². The van der Waals surface area contributed by atoms with Crippen LogP contribution >= 0.6 is 0 Å². The number of rotatable bonds is 10. The molecular formula is C16H26N2O3S. The van der Waals surface area contributed by atoms with E-state index in [0.29, 0.717) is 18.9 Å². The molecule has 0 spiro atoms. The molecule has 0 aromatic heterocycles. The molecule has 1 aromatic rings.